The van der Waals surface area contributed by atoms with Gasteiger partial charge in [0.25, 0.3) is 10.0 Å². The van der Waals surface area contributed by atoms with Gasteiger partial charge in [0, 0.05) is 26.1 Å². The highest BCUT2D eigenvalue weighted by Crippen LogP contribution is 2.31. The Bertz CT molecular complexity index is 1020. The van der Waals surface area contributed by atoms with Crippen LogP contribution in [-0.4, -0.2) is 60.6 Å². The van der Waals surface area contributed by atoms with Crippen molar-refractivity contribution in [3.63, 3.8) is 0 Å². The highest BCUT2D eigenvalue weighted by molar-refractivity contribution is 7.89. The zero-order valence-corrected chi connectivity index (χ0v) is 14.8. The Hall–Kier alpha value is -2.40. The maximum absolute atomic E-state index is 12.6. The van der Waals surface area contributed by atoms with Crippen LogP contribution in [0.2, 0.25) is 0 Å². The lowest BCUT2D eigenvalue weighted by Crippen LogP contribution is -2.38. The molecule has 132 valence electrons. The van der Waals surface area contributed by atoms with Gasteiger partial charge in [-0.1, -0.05) is 5.21 Å². The maximum atomic E-state index is 12.6. The van der Waals surface area contributed by atoms with E-state index in [0.29, 0.717) is 31.6 Å². The summed E-state index contributed by atoms with van der Waals surface area (Å²) in [5.41, 5.74) is 2.72. The van der Waals surface area contributed by atoms with Crippen molar-refractivity contribution in [3.05, 3.63) is 29.8 Å². The normalized spacial score (nSPS) is 17.4. The quantitative estimate of drug-likeness (QED) is 0.651. The van der Waals surface area contributed by atoms with Crippen LogP contribution < -0.4 is 0 Å². The second-order valence-electron chi connectivity index (χ2n) is 6.23. The predicted octanol–water partition coefficient (Wildman–Crippen LogP) is 0.130. The van der Waals surface area contributed by atoms with Crippen molar-refractivity contribution in [2.45, 2.75) is 30.7 Å². The number of nitrogens with zero attached hydrogens (tertiary/aromatic N) is 8. The Labute approximate surface area is 144 Å². The van der Waals surface area contributed by atoms with Gasteiger partial charge in [-0.25, -0.2) is 13.4 Å². The van der Waals surface area contributed by atoms with Crippen molar-refractivity contribution in [3.8, 4) is 0 Å². The van der Waals surface area contributed by atoms with Crippen LogP contribution in [-0.2, 0) is 17.1 Å². The summed E-state index contributed by atoms with van der Waals surface area (Å²) in [6, 6.07) is 1.96. The highest BCUT2D eigenvalue weighted by atomic mass is 32.2. The van der Waals surface area contributed by atoms with E-state index >= 15 is 0 Å². The molecule has 0 amide bonds. The monoisotopic (exact) mass is 362 g/mol. The average Bonchev–Trinajstić information content (AvgIpc) is 3.23. The molecule has 0 bridgehead atoms. The number of hydrogen-bond acceptors (Lipinski definition) is 7. The molecule has 0 spiro atoms. The fraction of sp³-hybridized carbons (Fsp3) is 0.500. The lowest BCUT2D eigenvalue weighted by molar-refractivity contribution is 0.313. The van der Waals surface area contributed by atoms with Gasteiger partial charge in [-0.15, -0.1) is 14.8 Å². The Balaban J connectivity index is 1.53. The number of aryl methyl sites for hydroxylation is 2. The summed E-state index contributed by atoms with van der Waals surface area (Å²) in [6.07, 6.45) is 4.30. The molecule has 0 atom stereocenters. The number of piperidine rings is 1. The molecule has 0 N–H and O–H groups in total. The van der Waals surface area contributed by atoms with Gasteiger partial charge in [0.15, 0.2) is 5.65 Å². The van der Waals surface area contributed by atoms with E-state index in [4.69, 9.17) is 0 Å². The Morgan fingerprint density at radius 1 is 1.24 bits per heavy atom. The minimum absolute atomic E-state index is 0.00760. The number of fused-ring (bicyclic) bond motifs is 1. The second kappa shape index (κ2) is 5.85. The largest absolute Gasteiger partial charge is 0.264 e. The van der Waals surface area contributed by atoms with Crippen molar-refractivity contribution in [1.82, 2.24) is 39.1 Å². The molecule has 25 heavy (non-hydrogen) atoms. The maximum Gasteiger partial charge on any atom is 0.264 e. The van der Waals surface area contributed by atoms with Gasteiger partial charge in [-0.3, -0.25) is 4.68 Å². The van der Waals surface area contributed by atoms with Gasteiger partial charge in [-0.05, 0) is 31.4 Å². The van der Waals surface area contributed by atoms with Crippen molar-refractivity contribution >= 4 is 15.7 Å². The molecule has 0 saturated carbocycles. The van der Waals surface area contributed by atoms with E-state index in [0.717, 1.165) is 11.3 Å². The van der Waals surface area contributed by atoms with Crippen molar-refractivity contribution < 1.29 is 8.42 Å². The average molecular weight is 362 g/mol. The highest BCUT2D eigenvalue weighted by Gasteiger charge is 2.32. The van der Waals surface area contributed by atoms with Crippen molar-refractivity contribution in [2.75, 3.05) is 13.1 Å². The third kappa shape index (κ3) is 2.78. The Morgan fingerprint density at radius 3 is 2.68 bits per heavy atom. The number of aromatic nitrogens is 7. The predicted molar refractivity (Wildman–Crippen MR) is 87.3 cm³/mol. The fourth-order valence-corrected chi connectivity index (χ4v) is 4.60. The van der Waals surface area contributed by atoms with Gasteiger partial charge >= 0.3 is 0 Å². The summed E-state index contributed by atoms with van der Waals surface area (Å²) in [4.78, 5) is 4.13. The molecule has 3 aromatic rings. The first-order valence-electron chi connectivity index (χ1n) is 7.99. The minimum atomic E-state index is -3.59. The van der Waals surface area contributed by atoms with Crippen LogP contribution in [0.15, 0.2) is 23.6 Å². The summed E-state index contributed by atoms with van der Waals surface area (Å²) < 4.78 is 29.6. The minimum Gasteiger partial charge on any atom is -0.254 e. The molecular formula is C14H18N8O2S. The van der Waals surface area contributed by atoms with Crippen LogP contribution in [0.4, 0.5) is 0 Å². The van der Waals surface area contributed by atoms with E-state index in [2.05, 4.69) is 25.5 Å². The summed E-state index contributed by atoms with van der Waals surface area (Å²) >= 11 is 0. The van der Waals surface area contributed by atoms with E-state index in [9.17, 15) is 8.42 Å². The van der Waals surface area contributed by atoms with Crippen LogP contribution in [0.1, 0.15) is 30.0 Å². The molecule has 1 aliphatic heterocycles. The summed E-state index contributed by atoms with van der Waals surface area (Å²) in [5, 5.41) is 16.1. The van der Waals surface area contributed by atoms with E-state index < -0.39 is 10.0 Å². The molecule has 0 radical (unpaired) electrons. The van der Waals surface area contributed by atoms with Gasteiger partial charge < -0.3 is 0 Å². The molecule has 4 heterocycles. The van der Waals surface area contributed by atoms with Gasteiger partial charge in [-0.2, -0.15) is 9.40 Å². The third-order valence-corrected chi connectivity index (χ3v) is 6.30. The first-order valence-corrected chi connectivity index (χ1v) is 9.43. The number of rotatable bonds is 3. The molecule has 0 aliphatic carbocycles. The fourth-order valence-electron chi connectivity index (χ4n) is 3.22. The zero-order chi connectivity index (χ0) is 17.6. The summed E-state index contributed by atoms with van der Waals surface area (Å²) in [5.74, 6) is 0.196. The van der Waals surface area contributed by atoms with Crippen molar-refractivity contribution in [1.29, 1.82) is 0 Å². The molecule has 3 aromatic heterocycles. The first kappa shape index (κ1) is 16.1. The molecule has 10 nitrogen and oxygen atoms in total. The zero-order valence-electron chi connectivity index (χ0n) is 13.9. The van der Waals surface area contributed by atoms with E-state index in [1.54, 1.807) is 7.05 Å². The second-order valence-corrected chi connectivity index (χ2v) is 8.11. The molecule has 1 saturated heterocycles. The molecule has 1 fully saturated rings. The van der Waals surface area contributed by atoms with Crippen LogP contribution in [0.5, 0.6) is 0 Å². The van der Waals surface area contributed by atoms with Crippen LogP contribution in [0.3, 0.4) is 0 Å². The van der Waals surface area contributed by atoms with Gasteiger partial charge in [0.05, 0.1) is 11.9 Å². The SMILES string of the molecule is Cc1cc2ncnn2nc1C1CCN(S(=O)(=O)c2cn(C)nn2)CC1. The molecule has 4 rings (SSSR count). The molecule has 11 heteroatoms. The van der Waals surface area contributed by atoms with Gasteiger partial charge in [0.2, 0.25) is 5.03 Å². The van der Waals surface area contributed by atoms with E-state index in [1.807, 2.05) is 13.0 Å². The van der Waals surface area contributed by atoms with Crippen LogP contribution >= 0.6 is 0 Å². The van der Waals surface area contributed by atoms with Gasteiger partial charge in [0.1, 0.15) is 6.33 Å². The van der Waals surface area contributed by atoms with Crippen LogP contribution in [0.25, 0.3) is 5.65 Å². The van der Waals surface area contributed by atoms with Crippen LogP contribution in [0, 0.1) is 6.92 Å². The molecule has 1 aliphatic rings. The summed E-state index contributed by atoms with van der Waals surface area (Å²) in [6.45, 7) is 2.86. The topological polar surface area (TPSA) is 111 Å². The van der Waals surface area contributed by atoms with E-state index in [-0.39, 0.29) is 10.9 Å². The molecule has 0 unspecified atom stereocenters. The number of hydrogen-bond donors (Lipinski definition) is 0. The molecule has 0 aromatic carbocycles. The van der Waals surface area contributed by atoms with E-state index in [1.165, 1.54) is 26.1 Å². The standard InChI is InChI=1S/C14H18N8O2S/c1-10-7-12-15-9-16-22(12)18-14(10)11-3-5-21(6-4-11)25(23,24)13-8-20(2)19-17-13/h7-9,11H,3-6H2,1-2H3. The first-order chi connectivity index (χ1) is 11.9. The lowest BCUT2D eigenvalue weighted by atomic mass is 9.92. The third-order valence-electron chi connectivity index (χ3n) is 4.53. The molecular weight excluding hydrogens is 344 g/mol. The van der Waals surface area contributed by atoms with Crippen molar-refractivity contribution in [2.24, 2.45) is 7.05 Å². The lowest BCUT2D eigenvalue weighted by Gasteiger charge is -2.30. The Kier molecular flexibility index (Phi) is 3.76. The smallest absolute Gasteiger partial charge is 0.254 e. The number of sulfonamides is 1. The summed E-state index contributed by atoms with van der Waals surface area (Å²) in [7, 11) is -1.95. The Morgan fingerprint density at radius 2 is 2.00 bits per heavy atom.